The standard InChI is InChI=1S/C25H21BrN4OS/c1-31-20-12-10-18(11-13-20)30-24(23(28-25(30)32)21-8-2-3-14-27-21)22-9-5-15-29(22)19-7-4-6-17(26)16-19/h2-16,23-24H,1H3,(H,28,32)/t23-,24-/m1/s1. The van der Waals surface area contributed by atoms with Gasteiger partial charge in [-0.15, -0.1) is 0 Å². The topological polar surface area (TPSA) is 42.3 Å². The summed E-state index contributed by atoms with van der Waals surface area (Å²) >= 11 is 9.43. The van der Waals surface area contributed by atoms with Crippen LogP contribution in [-0.2, 0) is 0 Å². The van der Waals surface area contributed by atoms with Crippen LogP contribution in [0.5, 0.6) is 5.75 Å². The molecule has 2 aromatic carbocycles. The van der Waals surface area contributed by atoms with Gasteiger partial charge in [0.25, 0.3) is 0 Å². The molecule has 4 aromatic rings. The van der Waals surface area contributed by atoms with E-state index in [1.807, 2.05) is 60.8 Å². The molecule has 1 aliphatic rings. The molecule has 0 unspecified atom stereocenters. The van der Waals surface area contributed by atoms with Crippen molar-refractivity contribution in [2.45, 2.75) is 12.1 Å². The number of hydrogen-bond acceptors (Lipinski definition) is 3. The van der Waals surface area contributed by atoms with E-state index in [9.17, 15) is 0 Å². The van der Waals surface area contributed by atoms with Gasteiger partial charge in [0.05, 0.1) is 18.8 Å². The zero-order chi connectivity index (χ0) is 22.1. The molecule has 0 radical (unpaired) electrons. The lowest BCUT2D eigenvalue weighted by molar-refractivity contribution is 0.415. The number of nitrogens with zero attached hydrogens (tertiary/aromatic N) is 3. The summed E-state index contributed by atoms with van der Waals surface area (Å²) in [6.07, 6.45) is 3.90. The summed E-state index contributed by atoms with van der Waals surface area (Å²) in [5.74, 6) is 0.808. The minimum Gasteiger partial charge on any atom is -0.497 e. The SMILES string of the molecule is COc1ccc(N2C(=S)N[C@H](c3ccccn3)[C@H]2c2cccn2-c2cccc(Br)c2)cc1. The molecule has 3 heterocycles. The molecule has 0 bridgehead atoms. The van der Waals surface area contributed by atoms with Gasteiger partial charge < -0.3 is 19.5 Å². The van der Waals surface area contributed by atoms with Crippen LogP contribution in [-0.4, -0.2) is 21.8 Å². The third-order valence-electron chi connectivity index (χ3n) is 5.62. The maximum atomic E-state index is 5.83. The third-order valence-corrected chi connectivity index (χ3v) is 6.43. The Kier molecular flexibility index (Phi) is 5.68. The van der Waals surface area contributed by atoms with Crippen molar-refractivity contribution in [2.24, 2.45) is 0 Å². The van der Waals surface area contributed by atoms with Gasteiger partial charge in [-0.05, 0) is 78.9 Å². The van der Waals surface area contributed by atoms with Gasteiger partial charge in [-0.3, -0.25) is 4.98 Å². The Labute approximate surface area is 200 Å². The lowest BCUT2D eigenvalue weighted by Gasteiger charge is -2.29. The maximum Gasteiger partial charge on any atom is 0.174 e. The highest BCUT2D eigenvalue weighted by Gasteiger charge is 2.42. The van der Waals surface area contributed by atoms with Crippen molar-refractivity contribution in [1.82, 2.24) is 14.9 Å². The molecule has 0 saturated carbocycles. The molecular weight excluding hydrogens is 484 g/mol. The number of pyridine rings is 1. The smallest absolute Gasteiger partial charge is 0.174 e. The first-order valence-corrected chi connectivity index (χ1v) is 11.4. The molecule has 1 fully saturated rings. The minimum absolute atomic E-state index is 0.0974. The molecule has 160 valence electrons. The molecule has 32 heavy (non-hydrogen) atoms. The highest BCUT2D eigenvalue weighted by molar-refractivity contribution is 9.10. The summed E-state index contributed by atoms with van der Waals surface area (Å²) in [5, 5.41) is 4.18. The molecule has 5 rings (SSSR count). The van der Waals surface area contributed by atoms with E-state index < -0.39 is 0 Å². The maximum absolute atomic E-state index is 5.83. The zero-order valence-electron chi connectivity index (χ0n) is 17.4. The van der Waals surface area contributed by atoms with Gasteiger partial charge in [-0.25, -0.2) is 0 Å². The van der Waals surface area contributed by atoms with Gasteiger partial charge in [0.2, 0.25) is 0 Å². The molecular formula is C25H21BrN4OS. The first-order valence-electron chi connectivity index (χ1n) is 10.2. The van der Waals surface area contributed by atoms with Crippen LogP contribution in [0.2, 0.25) is 0 Å². The van der Waals surface area contributed by atoms with Crippen LogP contribution in [0.3, 0.4) is 0 Å². The number of anilines is 1. The summed E-state index contributed by atoms with van der Waals surface area (Å²) in [7, 11) is 1.67. The second-order valence-electron chi connectivity index (χ2n) is 7.48. The number of aromatic nitrogens is 2. The van der Waals surface area contributed by atoms with Crippen molar-refractivity contribution in [3.8, 4) is 11.4 Å². The van der Waals surface area contributed by atoms with Crippen LogP contribution >= 0.6 is 28.1 Å². The summed E-state index contributed by atoms with van der Waals surface area (Å²) in [4.78, 5) is 6.81. The monoisotopic (exact) mass is 504 g/mol. The van der Waals surface area contributed by atoms with Gasteiger partial charge in [0.1, 0.15) is 11.8 Å². The molecule has 7 heteroatoms. The zero-order valence-corrected chi connectivity index (χ0v) is 19.8. The van der Waals surface area contributed by atoms with Crippen molar-refractivity contribution < 1.29 is 4.74 Å². The fraction of sp³-hybridized carbons (Fsp3) is 0.120. The lowest BCUT2D eigenvalue weighted by atomic mass is 10.0. The number of benzene rings is 2. The quantitative estimate of drug-likeness (QED) is 0.346. The van der Waals surface area contributed by atoms with Crippen molar-refractivity contribution >= 4 is 38.9 Å². The predicted octanol–water partition coefficient (Wildman–Crippen LogP) is 5.82. The number of rotatable bonds is 5. The molecule has 1 aliphatic heterocycles. The van der Waals surface area contributed by atoms with E-state index in [1.54, 1.807) is 7.11 Å². The van der Waals surface area contributed by atoms with Crippen LogP contribution in [0.15, 0.2) is 95.7 Å². The van der Waals surface area contributed by atoms with Crippen LogP contribution < -0.4 is 15.0 Å². The van der Waals surface area contributed by atoms with Crippen LogP contribution in [0.4, 0.5) is 5.69 Å². The molecule has 5 nitrogen and oxygen atoms in total. The van der Waals surface area contributed by atoms with Gasteiger partial charge in [0.15, 0.2) is 5.11 Å². The largest absolute Gasteiger partial charge is 0.497 e. The van der Waals surface area contributed by atoms with E-state index >= 15 is 0 Å². The summed E-state index contributed by atoms with van der Waals surface area (Å²) in [6.45, 7) is 0. The molecule has 2 aromatic heterocycles. The van der Waals surface area contributed by atoms with Crippen molar-refractivity contribution in [2.75, 3.05) is 12.0 Å². The number of thiocarbonyl (C=S) groups is 1. The average molecular weight is 505 g/mol. The highest BCUT2D eigenvalue weighted by atomic mass is 79.9. The van der Waals surface area contributed by atoms with E-state index in [0.717, 1.165) is 33.0 Å². The summed E-state index contributed by atoms with van der Waals surface area (Å²) in [6, 6.07) is 26.2. The van der Waals surface area contributed by atoms with Crippen LogP contribution in [0, 0.1) is 0 Å². The van der Waals surface area contributed by atoms with Gasteiger partial charge in [0, 0.05) is 33.9 Å². The summed E-state index contributed by atoms with van der Waals surface area (Å²) in [5.41, 5.74) is 4.13. The van der Waals surface area contributed by atoms with Gasteiger partial charge in [-0.2, -0.15) is 0 Å². The Balaban J connectivity index is 1.65. The predicted molar refractivity (Wildman–Crippen MR) is 134 cm³/mol. The first kappa shape index (κ1) is 20.7. The number of nitrogens with one attached hydrogen (secondary N) is 1. The van der Waals surface area contributed by atoms with E-state index in [-0.39, 0.29) is 12.1 Å². The van der Waals surface area contributed by atoms with E-state index in [2.05, 4.69) is 66.2 Å². The summed E-state index contributed by atoms with van der Waals surface area (Å²) < 4.78 is 8.59. The molecule has 0 amide bonds. The van der Waals surface area contributed by atoms with Crippen molar-refractivity contribution in [3.63, 3.8) is 0 Å². The fourth-order valence-corrected chi connectivity index (χ4v) is 4.91. The highest BCUT2D eigenvalue weighted by Crippen LogP contribution is 2.42. The van der Waals surface area contributed by atoms with Gasteiger partial charge >= 0.3 is 0 Å². The Morgan fingerprint density at radius 3 is 2.53 bits per heavy atom. The second-order valence-corrected chi connectivity index (χ2v) is 8.78. The van der Waals surface area contributed by atoms with Crippen molar-refractivity contribution in [3.05, 3.63) is 107 Å². The normalized spacial score (nSPS) is 17.9. The number of halogens is 1. The Morgan fingerprint density at radius 2 is 1.81 bits per heavy atom. The van der Waals surface area contributed by atoms with Crippen LogP contribution in [0.1, 0.15) is 23.5 Å². The Bertz CT molecular complexity index is 1240. The Hall–Kier alpha value is -3.16. The number of methoxy groups -OCH3 is 1. The van der Waals surface area contributed by atoms with Gasteiger partial charge in [-0.1, -0.05) is 28.1 Å². The van der Waals surface area contributed by atoms with Crippen LogP contribution in [0.25, 0.3) is 5.69 Å². The van der Waals surface area contributed by atoms with E-state index in [1.165, 1.54) is 0 Å². The number of hydrogen-bond donors (Lipinski definition) is 1. The second kappa shape index (κ2) is 8.76. The molecule has 1 saturated heterocycles. The van der Waals surface area contributed by atoms with Crippen molar-refractivity contribution in [1.29, 1.82) is 0 Å². The molecule has 1 N–H and O–H groups in total. The first-order chi connectivity index (χ1) is 15.7. The Morgan fingerprint density at radius 1 is 0.969 bits per heavy atom. The molecule has 2 atom stereocenters. The minimum atomic E-state index is -0.105. The van der Waals surface area contributed by atoms with E-state index in [0.29, 0.717) is 5.11 Å². The fourth-order valence-electron chi connectivity index (χ4n) is 4.17. The molecule has 0 aliphatic carbocycles. The molecule has 0 spiro atoms. The average Bonchev–Trinajstić information content (AvgIpc) is 3.44. The lowest BCUT2D eigenvalue weighted by Crippen LogP contribution is -2.30. The third kappa shape index (κ3) is 3.78. The van der Waals surface area contributed by atoms with E-state index in [4.69, 9.17) is 17.0 Å². The number of ether oxygens (including phenoxy) is 1.